The SMILES string of the molecule is [C-]#[N+]c1cccc2c1CCC2CN1CCN(C(=O)Cc2ccc3c(c2)COC3=O)CC1. The molecule has 5 rings (SSSR count). The zero-order valence-corrected chi connectivity index (χ0v) is 17.5. The maximum absolute atomic E-state index is 12.8. The minimum absolute atomic E-state index is 0.137. The summed E-state index contributed by atoms with van der Waals surface area (Å²) in [6, 6.07) is 11.6. The van der Waals surface area contributed by atoms with Gasteiger partial charge in [0.1, 0.15) is 6.61 Å². The molecule has 0 spiro atoms. The molecule has 1 unspecified atom stereocenters. The van der Waals surface area contributed by atoms with Gasteiger partial charge in [0, 0.05) is 38.3 Å². The Morgan fingerprint density at radius 3 is 2.81 bits per heavy atom. The molecule has 2 aromatic rings. The molecule has 0 bridgehead atoms. The third-order valence-corrected chi connectivity index (χ3v) is 6.80. The summed E-state index contributed by atoms with van der Waals surface area (Å²) >= 11 is 0. The largest absolute Gasteiger partial charge is 0.457 e. The van der Waals surface area contributed by atoms with E-state index in [4.69, 9.17) is 11.3 Å². The molecular weight excluding hydrogens is 390 g/mol. The molecule has 1 amide bonds. The number of carbonyl (C=O) groups excluding carboxylic acids is 2. The average molecular weight is 415 g/mol. The van der Waals surface area contributed by atoms with Crippen LogP contribution in [0.15, 0.2) is 36.4 Å². The first-order valence-electron chi connectivity index (χ1n) is 10.9. The lowest BCUT2D eigenvalue weighted by Crippen LogP contribution is -2.49. The van der Waals surface area contributed by atoms with Crippen LogP contribution in [0.2, 0.25) is 0 Å². The van der Waals surface area contributed by atoms with Gasteiger partial charge >= 0.3 is 5.97 Å². The van der Waals surface area contributed by atoms with E-state index >= 15 is 0 Å². The van der Waals surface area contributed by atoms with Gasteiger partial charge in [0.05, 0.1) is 18.6 Å². The first-order valence-corrected chi connectivity index (χ1v) is 10.9. The van der Waals surface area contributed by atoms with Crippen LogP contribution in [0.25, 0.3) is 4.85 Å². The van der Waals surface area contributed by atoms with Gasteiger partial charge in [-0.2, -0.15) is 0 Å². The standard InChI is InChI=1S/C25H25N3O3/c1-26-23-4-2-3-20-18(6-8-22(20)23)15-27-9-11-28(12-10-27)24(29)14-17-5-7-21-19(13-17)16-31-25(21)30/h2-5,7,13,18H,6,8-12,14-16H2. The number of carbonyl (C=O) groups is 2. The van der Waals surface area contributed by atoms with Crippen LogP contribution in [0.4, 0.5) is 5.69 Å². The Morgan fingerprint density at radius 1 is 1.16 bits per heavy atom. The normalized spacial score (nSPS) is 20.2. The smallest absolute Gasteiger partial charge is 0.338 e. The van der Waals surface area contributed by atoms with E-state index in [1.807, 2.05) is 29.2 Å². The third kappa shape index (κ3) is 3.82. The van der Waals surface area contributed by atoms with Gasteiger partial charge in [-0.25, -0.2) is 9.64 Å². The quantitative estimate of drug-likeness (QED) is 0.568. The van der Waals surface area contributed by atoms with E-state index in [0.29, 0.717) is 24.5 Å². The van der Waals surface area contributed by atoms with Crippen molar-refractivity contribution < 1.29 is 14.3 Å². The Morgan fingerprint density at radius 2 is 2.00 bits per heavy atom. The number of hydrogen-bond donors (Lipinski definition) is 0. The molecule has 1 saturated heterocycles. The predicted molar refractivity (Wildman–Crippen MR) is 116 cm³/mol. The molecule has 0 N–H and O–H groups in total. The van der Waals surface area contributed by atoms with Crippen molar-refractivity contribution in [1.29, 1.82) is 0 Å². The van der Waals surface area contributed by atoms with Crippen LogP contribution >= 0.6 is 0 Å². The van der Waals surface area contributed by atoms with E-state index in [0.717, 1.165) is 62.4 Å². The van der Waals surface area contributed by atoms with E-state index < -0.39 is 0 Å². The fourth-order valence-electron chi connectivity index (χ4n) is 5.09. The summed E-state index contributed by atoms with van der Waals surface area (Å²) < 4.78 is 5.05. The Bertz CT molecular complexity index is 1080. The maximum atomic E-state index is 12.8. The van der Waals surface area contributed by atoms with Crippen molar-refractivity contribution in [3.05, 3.63) is 75.6 Å². The summed E-state index contributed by atoms with van der Waals surface area (Å²) in [6.07, 6.45) is 2.46. The van der Waals surface area contributed by atoms with Crippen molar-refractivity contribution in [3.8, 4) is 0 Å². The number of nitrogens with zero attached hydrogens (tertiary/aromatic N) is 3. The van der Waals surface area contributed by atoms with Crippen molar-refractivity contribution >= 4 is 17.6 Å². The molecule has 2 heterocycles. The first-order chi connectivity index (χ1) is 15.1. The average Bonchev–Trinajstić information content (AvgIpc) is 3.37. The fraction of sp³-hybridized carbons (Fsp3) is 0.400. The molecule has 3 aliphatic rings. The summed E-state index contributed by atoms with van der Waals surface area (Å²) in [7, 11) is 0. The van der Waals surface area contributed by atoms with Gasteiger partial charge in [-0.3, -0.25) is 9.69 Å². The molecule has 158 valence electrons. The highest BCUT2D eigenvalue weighted by atomic mass is 16.5. The second kappa shape index (κ2) is 8.16. The van der Waals surface area contributed by atoms with Crippen LogP contribution in [-0.4, -0.2) is 54.4 Å². The van der Waals surface area contributed by atoms with E-state index in [-0.39, 0.29) is 11.9 Å². The number of rotatable bonds is 4. The number of cyclic esters (lactones) is 1. The van der Waals surface area contributed by atoms with Gasteiger partial charge in [0.15, 0.2) is 5.69 Å². The molecule has 1 fully saturated rings. The number of benzene rings is 2. The van der Waals surface area contributed by atoms with Gasteiger partial charge in [-0.1, -0.05) is 35.9 Å². The molecule has 0 aromatic heterocycles. The van der Waals surface area contributed by atoms with Crippen molar-refractivity contribution in [3.63, 3.8) is 0 Å². The van der Waals surface area contributed by atoms with E-state index in [9.17, 15) is 9.59 Å². The lowest BCUT2D eigenvalue weighted by Gasteiger charge is -2.36. The van der Waals surface area contributed by atoms with Crippen LogP contribution in [0.3, 0.4) is 0 Å². The second-order valence-electron chi connectivity index (χ2n) is 8.62. The number of ether oxygens (including phenoxy) is 1. The van der Waals surface area contributed by atoms with Gasteiger partial charge in [-0.05, 0) is 36.0 Å². The number of piperazine rings is 1. The Balaban J connectivity index is 1.15. The van der Waals surface area contributed by atoms with Crippen LogP contribution in [0, 0.1) is 6.57 Å². The molecule has 0 saturated carbocycles. The molecule has 2 aliphatic heterocycles. The predicted octanol–water partition coefficient (Wildman–Crippen LogP) is 3.32. The van der Waals surface area contributed by atoms with Crippen molar-refractivity contribution in [1.82, 2.24) is 9.80 Å². The minimum atomic E-state index is -0.279. The summed E-state index contributed by atoms with van der Waals surface area (Å²) in [6.45, 7) is 11.9. The summed E-state index contributed by atoms with van der Waals surface area (Å²) in [5, 5.41) is 0. The van der Waals surface area contributed by atoms with Gasteiger partial charge < -0.3 is 9.64 Å². The van der Waals surface area contributed by atoms with E-state index in [1.165, 1.54) is 11.1 Å². The zero-order valence-electron chi connectivity index (χ0n) is 17.5. The lowest BCUT2D eigenvalue weighted by atomic mass is 9.99. The third-order valence-electron chi connectivity index (χ3n) is 6.80. The molecule has 6 heteroatoms. The highest BCUT2D eigenvalue weighted by Gasteiger charge is 2.29. The van der Waals surface area contributed by atoms with Crippen LogP contribution in [-0.2, 0) is 29.0 Å². The molecule has 6 nitrogen and oxygen atoms in total. The van der Waals surface area contributed by atoms with E-state index in [2.05, 4.69) is 15.8 Å². The maximum Gasteiger partial charge on any atom is 0.338 e. The van der Waals surface area contributed by atoms with Crippen molar-refractivity contribution in [2.75, 3.05) is 32.7 Å². The highest BCUT2D eigenvalue weighted by Crippen LogP contribution is 2.39. The Kier molecular flexibility index (Phi) is 5.21. The summed E-state index contributed by atoms with van der Waals surface area (Å²) in [5.41, 5.74) is 5.80. The number of hydrogen-bond acceptors (Lipinski definition) is 4. The Hall–Kier alpha value is -3.17. The molecule has 0 radical (unpaired) electrons. The number of esters is 1. The summed E-state index contributed by atoms with van der Waals surface area (Å²) in [4.78, 5) is 32.5. The molecule has 1 atom stereocenters. The number of amides is 1. The fourth-order valence-corrected chi connectivity index (χ4v) is 5.09. The Labute approximate surface area is 182 Å². The molecular formula is C25H25N3O3. The number of fused-ring (bicyclic) bond motifs is 2. The van der Waals surface area contributed by atoms with Gasteiger partial charge in [-0.15, -0.1) is 0 Å². The van der Waals surface area contributed by atoms with Crippen LogP contribution in [0.1, 0.15) is 45.0 Å². The van der Waals surface area contributed by atoms with Crippen molar-refractivity contribution in [2.45, 2.75) is 31.8 Å². The first kappa shape index (κ1) is 19.8. The lowest BCUT2D eigenvalue weighted by molar-refractivity contribution is -0.132. The minimum Gasteiger partial charge on any atom is -0.457 e. The van der Waals surface area contributed by atoms with Crippen LogP contribution < -0.4 is 0 Å². The molecule has 31 heavy (non-hydrogen) atoms. The molecule has 1 aliphatic carbocycles. The van der Waals surface area contributed by atoms with Crippen LogP contribution in [0.5, 0.6) is 0 Å². The van der Waals surface area contributed by atoms with Gasteiger partial charge in [0.2, 0.25) is 5.91 Å². The van der Waals surface area contributed by atoms with Crippen molar-refractivity contribution in [2.24, 2.45) is 0 Å². The van der Waals surface area contributed by atoms with E-state index in [1.54, 1.807) is 6.07 Å². The van der Waals surface area contributed by atoms with Gasteiger partial charge in [0.25, 0.3) is 0 Å². The summed E-state index contributed by atoms with van der Waals surface area (Å²) in [5.74, 6) is 0.340. The topological polar surface area (TPSA) is 54.2 Å². The zero-order chi connectivity index (χ0) is 21.4. The monoisotopic (exact) mass is 415 g/mol. The molecule has 2 aromatic carbocycles. The highest BCUT2D eigenvalue weighted by molar-refractivity contribution is 5.93. The second-order valence-corrected chi connectivity index (χ2v) is 8.62.